The predicted molar refractivity (Wildman–Crippen MR) is 82.9 cm³/mol. The Bertz CT molecular complexity index is 531. The van der Waals surface area contributed by atoms with E-state index in [0.717, 1.165) is 37.4 Å². The van der Waals surface area contributed by atoms with Crippen LogP contribution in [-0.4, -0.2) is 31.2 Å². The molecule has 1 aliphatic rings. The molecule has 102 valence electrons. The SMILES string of the molecule is CC.Cc1cc(N2CCNCC2)c2ccccc2n1. The highest BCUT2D eigenvalue weighted by Gasteiger charge is 2.13. The fourth-order valence-electron chi connectivity index (χ4n) is 2.45. The molecule has 1 aliphatic heterocycles. The van der Waals surface area contributed by atoms with Gasteiger partial charge in [0.15, 0.2) is 0 Å². The van der Waals surface area contributed by atoms with Gasteiger partial charge in [-0.05, 0) is 19.1 Å². The molecule has 0 bridgehead atoms. The zero-order chi connectivity index (χ0) is 13.7. The fraction of sp³-hybridized carbons (Fsp3) is 0.438. The Morgan fingerprint density at radius 3 is 2.53 bits per heavy atom. The zero-order valence-corrected chi connectivity index (χ0v) is 12.1. The number of para-hydroxylation sites is 1. The monoisotopic (exact) mass is 257 g/mol. The molecular formula is C16H23N3. The van der Waals surface area contributed by atoms with Crippen molar-refractivity contribution >= 4 is 16.6 Å². The van der Waals surface area contributed by atoms with E-state index in [4.69, 9.17) is 0 Å². The first kappa shape index (κ1) is 13.8. The van der Waals surface area contributed by atoms with Crippen molar-refractivity contribution in [1.82, 2.24) is 10.3 Å². The summed E-state index contributed by atoms with van der Waals surface area (Å²) in [5.41, 5.74) is 3.52. The lowest BCUT2D eigenvalue weighted by Gasteiger charge is -2.30. The predicted octanol–water partition coefficient (Wildman–Crippen LogP) is 2.98. The number of rotatable bonds is 1. The van der Waals surface area contributed by atoms with E-state index in [9.17, 15) is 0 Å². The first-order valence-corrected chi connectivity index (χ1v) is 7.17. The normalized spacial score (nSPS) is 15.0. The minimum Gasteiger partial charge on any atom is -0.368 e. The summed E-state index contributed by atoms with van der Waals surface area (Å²) in [6.07, 6.45) is 0. The molecule has 19 heavy (non-hydrogen) atoms. The molecule has 3 nitrogen and oxygen atoms in total. The summed E-state index contributed by atoms with van der Waals surface area (Å²) >= 11 is 0. The number of fused-ring (bicyclic) bond motifs is 1. The zero-order valence-electron chi connectivity index (χ0n) is 12.1. The highest BCUT2D eigenvalue weighted by atomic mass is 15.2. The Balaban J connectivity index is 0.000000637. The number of hydrogen-bond donors (Lipinski definition) is 1. The highest BCUT2D eigenvalue weighted by Crippen LogP contribution is 2.26. The fourth-order valence-corrected chi connectivity index (χ4v) is 2.45. The van der Waals surface area contributed by atoms with E-state index in [1.165, 1.54) is 11.1 Å². The van der Waals surface area contributed by atoms with E-state index in [1.54, 1.807) is 0 Å². The number of piperazine rings is 1. The molecule has 1 fully saturated rings. The number of aryl methyl sites for hydroxylation is 1. The van der Waals surface area contributed by atoms with E-state index in [-0.39, 0.29) is 0 Å². The molecule has 0 spiro atoms. The second-order valence-corrected chi connectivity index (χ2v) is 4.54. The second kappa shape index (κ2) is 6.53. The number of nitrogens with zero attached hydrogens (tertiary/aromatic N) is 2. The smallest absolute Gasteiger partial charge is 0.0726 e. The van der Waals surface area contributed by atoms with Gasteiger partial charge in [-0.2, -0.15) is 0 Å². The number of hydrogen-bond acceptors (Lipinski definition) is 3. The van der Waals surface area contributed by atoms with E-state index in [0.29, 0.717) is 0 Å². The van der Waals surface area contributed by atoms with E-state index >= 15 is 0 Å². The lowest BCUT2D eigenvalue weighted by Crippen LogP contribution is -2.43. The summed E-state index contributed by atoms with van der Waals surface area (Å²) in [4.78, 5) is 7.04. The summed E-state index contributed by atoms with van der Waals surface area (Å²) in [5, 5.41) is 4.65. The van der Waals surface area contributed by atoms with Gasteiger partial charge in [0.05, 0.1) is 5.52 Å². The quantitative estimate of drug-likeness (QED) is 0.851. The van der Waals surface area contributed by atoms with Crippen molar-refractivity contribution in [3.05, 3.63) is 36.0 Å². The van der Waals surface area contributed by atoms with Crippen LogP contribution >= 0.6 is 0 Å². The molecular weight excluding hydrogens is 234 g/mol. The molecule has 1 N–H and O–H groups in total. The third-order valence-electron chi connectivity index (χ3n) is 3.28. The van der Waals surface area contributed by atoms with E-state index < -0.39 is 0 Å². The molecule has 3 heteroatoms. The van der Waals surface area contributed by atoms with Gasteiger partial charge >= 0.3 is 0 Å². The van der Waals surface area contributed by atoms with Crippen LogP contribution in [-0.2, 0) is 0 Å². The van der Waals surface area contributed by atoms with Gasteiger partial charge in [-0.3, -0.25) is 4.98 Å². The molecule has 2 heterocycles. The number of benzene rings is 1. The van der Waals surface area contributed by atoms with Gasteiger partial charge in [0.25, 0.3) is 0 Å². The molecule has 0 atom stereocenters. The van der Waals surface area contributed by atoms with Crippen LogP contribution in [0.25, 0.3) is 10.9 Å². The molecule has 1 aromatic carbocycles. The maximum Gasteiger partial charge on any atom is 0.0726 e. The van der Waals surface area contributed by atoms with Crippen molar-refractivity contribution in [1.29, 1.82) is 0 Å². The van der Waals surface area contributed by atoms with Crippen LogP contribution in [0.4, 0.5) is 5.69 Å². The van der Waals surface area contributed by atoms with Crippen molar-refractivity contribution in [2.24, 2.45) is 0 Å². The Morgan fingerprint density at radius 1 is 1.11 bits per heavy atom. The van der Waals surface area contributed by atoms with Crippen LogP contribution in [0.1, 0.15) is 19.5 Å². The number of pyridine rings is 1. The van der Waals surface area contributed by atoms with E-state index in [1.807, 2.05) is 13.8 Å². The van der Waals surface area contributed by atoms with Crippen molar-refractivity contribution in [3.8, 4) is 0 Å². The molecule has 0 saturated carbocycles. The second-order valence-electron chi connectivity index (χ2n) is 4.54. The molecule has 0 aliphatic carbocycles. The largest absolute Gasteiger partial charge is 0.368 e. The highest BCUT2D eigenvalue weighted by molar-refractivity contribution is 5.92. The lowest BCUT2D eigenvalue weighted by molar-refractivity contribution is 0.590. The van der Waals surface area contributed by atoms with Crippen molar-refractivity contribution in [3.63, 3.8) is 0 Å². The third-order valence-corrected chi connectivity index (χ3v) is 3.28. The van der Waals surface area contributed by atoms with Crippen LogP contribution in [0.3, 0.4) is 0 Å². The van der Waals surface area contributed by atoms with Crippen LogP contribution < -0.4 is 10.2 Å². The maximum absolute atomic E-state index is 4.59. The van der Waals surface area contributed by atoms with Crippen molar-refractivity contribution in [2.45, 2.75) is 20.8 Å². The molecule has 1 aromatic heterocycles. The average Bonchev–Trinajstić information content (AvgIpc) is 2.49. The molecule has 0 radical (unpaired) electrons. The van der Waals surface area contributed by atoms with Gasteiger partial charge in [-0.15, -0.1) is 0 Å². The van der Waals surface area contributed by atoms with Crippen molar-refractivity contribution in [2.75, 3.05) is 31.1 Å². The lowest BCUT2D eigenvalue weighted by atomic mass is 10.1. The van der Waals surface area contributed by atoms with Gasteiger partial charge in [0, 0.05) is 42.9 Å². The van der Waals surface area contributed by atoms with Crippen molar-refractivity contribution < 1.29 is 0 Å². The Hall–Kier alpha value is -1.61. The standard InChI is InChI=1S/C14H17N3.C2H6/c1-11-10-14(17-8-6-15-7-9-17)12-4-2-3-5-13(12)16-11;1-2/h2-5,10,15H,6-9H2,1H3;1-2H3. The van der Waals surface area contributed by atoms with Gasteiger partial charge in [0.1, 0.15) is 0 Å². The van der Waals surface area contributed by atoms with Crippen LogP contribution in [0.5, 0.6) is 0 Å². The summed E-state index contributed by atoms with van der Waals surface area (Å²) in [5.74, 6) is 0. The van der Waals surface area contributed by atoms with Crippen LogP contribution in [0.15, 0.2) is 30.3 Å². The summed E-state index contributed by atoms with van der Waals surface area (Å²) in [6, 6.07) is 10.6. The average molecular weight is 257 g/mol. The molecule has 3 rings (SSSR count). The van der Waals surface area contributed by atoms with Gasteiger partial charge in [-0.1, -0.05) is 32.0 Å². The van der Waals surface area contributed by atoms with Gasteiger partial charge in [0.2, 0.25) is 0 Å². The maximum atomic E-state index is 4.59. The summed E-state index contributed by atoms with van der Waals surface area (Å²) < 4.78 is 0. The summed E-state index contributed by atoms with van der Waals surface area (Å²) in [6.45, 7) is 10.4. The first-order valence-electron chi connectivity index (χ1n) is 7.17. The molecule has 0 amide bonds. The number of anilines is 1. The number of aromatic nitrogens is 1. The topological polar surface area (TPSA) is 28.2 Å². The molecule has 0 unspecified atom stereocenters. The minimum absolute atomic E-state index is 1.07. The van der Waals surface area contributed by atoms with Crippen LogP contribution in [0.2, 0.25) is 0 Å². The van der Waals surface area contributed by atoms with E-state index in [2.05, 4.69) is 52.5 Å². The van der Waals surface area contributed by atoms with Crippen LogP contribution in [0, 0.1) is 6.92 Å². The Labute approximate surface area is 115 Å². The van der Waals surface area contributed by atoms with Gasteiger partial charge < -0.3 is 10.2 Å². The number of nitrogens with one attached hydrogen (secondary N) is 1. The first-order chi connectivity index (χ1) is 9.34. The molecule has 2 aromatic rings. The van der Waals surface area contributed by atoms with Gasteiger partial charge in [-0.25, -0.2) is 0 Å². The third kappa shape index (κ3) is 3.04. The molecule has 1 saturated heterocycles. The minimum atomic E-state index is 1.07. The summed E-state index contributed by atoms with van der Waals surface area (Å²) in [7, 11) is 0. The Kier molecular flexibility index (Phi) is 4.74. The Morgan fingerprint density at radius 2 is 1.79 bits per heavy atom.